The number of carbonyl (C=O) groups excluding carboxylic acids is 1. The van der Waals surface area contributed by atoms with Gasteiger partial charge in [0.05, 0.1) is 11.6 Å². The fourth-order valence-electron chi connectivity index (χ4n) is 4.38. The first-order valence-electron chi connectivity index (χ1n) is 12.0. The Bertz CT molecular complexity index is 1080. The molecule has 1 aliphatic carbocycles. The van der Waals surface area contributed by atoms with Gasteiger partial charge in [0.2, 0.25) is 11.9 Å². The van der Waals surface area contributed by atoms with Crippen molar-refractivity contribution in [2.75, 3.05) is 25.1 Å². The molecule has 4 rings (SSSR count). The number of pyridine rings is 2. The highest BCUT2D eigenvalue weighted by Gasteiger charge is 2.54. The number of ether oxygens (including phenoxy) is 1. The van der Waals surface area contributed by atoms with Crippen LogP contribution in [0.1, 0.15) is 55.3 Å². The number of nitrogens with one attached hydrogen (secondary N) is 2. The van der Waals surface area contributed by atoms with Crippen molar-refractivity contribution in [1.82, 2.24) is 15.3 Å². The Morgan fingerprint density at radius 2 is 2.06 bits per heavy atom. The van der Waals surface area contributed by atoms with E-state index in [0.29, 0.717) is 19.4 Å². The van der Waals surface area contributed by atoms with Crippen molar-refractivity contribution in [2.45, 2.75) is 62.8 Å². The van der Waals surface area contributed by atoms with E-state index in [4.69, 9.17) is 4.74 Å². The molecular formula is C25H30F2N4O4. The van der Waals surface area contributed by atoms with Gasteiger partial charge in [-0.15, -0.1) is 0 Å². The molecule has 8 nitrogen and oxygen atoms in total. The number of aryl methyl sites for hydroxylation is 2. The van der Waals surface area contributed by atoms with Crippen molar-refractivity contribution >= 4 is 17.7 Å². The minimum atomic E-state index is -1.27. The van der Waals surface area contributed by atoms with Crippen LogP contribution in [0.4, 0.5) is 14.6 Å². The van der Waals surface area contributed by atoms with Gasteiger partial charge in [-0.2, -0.15) is 4.39 Å². The van der Waals surface area contributed by atoms with Crippen LogP contribution in [-0.2, 0) is 32.6 Å². The number of amides is 1. The quantitative estimate of drug-likeness (QED) is 0.311. The third-order valence-corrected chi connectivity index (χ3v) is 6.58. The number of unbranched alkanes of at least 4 members (excludes halogenated alkanes) is 1. The Labute approximate surface area is 202 Å². The third-order valence-electron chi connectivity index (χ3n) is 6.58. The minimum Gasteiger partial charge on any atom is -0.480 e. The van der Waals surface area contributed by atoms with E-state index in [9.17, 15) is 23.5 Å². The van der Waals surface area contributed by atoms with Crippen LogP contribution < -0.4 is 10.6 Å². The molecule has 1 saturated carbocycles. The van der Waals surface area contributed by atoms with E-state index in [1.165, 1.54) is 5.56 Å². The average Bonchev–Trinajstić information content (AvgIpc) is 3.66. The number of hydrogen-bond donors (Lipinski definition) is 3. The fourth-order valence-corrected chi connectivity index (χ4v) is 4.38. The zero-order valence-corrected chi connectivity index (χ0v) is 19.5. The van der Waals surface area contributed by atoms with Gasteiger partial charge in [-0.3, -0.25) is 4.79 Å². The number of rotatable bonds is 12. The smallest absolute Gasteiger partial charge is 0.326 e. The van der Waals surface area contributed by atoms with E-state index in [1.54, 1.807) is 0 Å². The SMILES string of the molecule is O=C(O)C(CCOCCCCc1ccc2c(n1)NCCC2)NC(=O)C1(c2cc(F)cnc2F)CC1. The van der Waals surface area contributed by atoms with E-state index in [2.05, 4.69) is 32.7 Å². The number of halogens is 2. The third kappa shape index (κ3) is 6.11. The standard InChI is InChI=1S/C25H30F2N4O4/c26-17-14-19(21(27)29-15-17)25(9-10-25)24(34)31-20(23(32)33)8-13-35-12-2-1-5-18-7-6-16-4-3-11-28-22(16)30-18/h6-7,14-15,20H,1-5,8-13H2,(H,28,30)(H,31,34)(H,32,33). The van der Waals surface area contributed by atoms with E-state index in [1.807, 2.05) is 0 Å². The molecule has 1 amide bonds. The Morgan fingerprint density at radius 3 is 2.83 bits per heavy atom. The van der Waals surface area contributed by atoms with Gasteiger partial charge in [-0.1, -0.05) is 6.07 Å². The number of aliphatic carboxylic acids is 1. The van der Waals surface area contributed by atoms with Crippen LogP contribution in [0.5, 0.6) is 0 Å². The van der Waals surface area contributed by atoms with Gasteiger partial charge >= 0.3 is 5.97 Å². The topological polar surface area (TPSA) is 113 Å². The van der Waals surface area contributed by atoms with Crippen LogP contribution >= 0.6 is 0 Å². The molecular weight excluding hydrogens is 458 g/mol. The molecule has 2 aromatic heterocycles. The summed E-state index contributed by atoms with van der Waals surface area (Å²) in [5.74, 6) is -2.53. The minimum absolute atomic E-state index is 0.0685. The zero-order chi connectivity index (χ0) is 24.8. The molecule has 3 N–H and O–H groups in total. The number of hydrogen-bond acceptors (Lipinski definition) is 6. The molecule has 1 atom stereocenters. The predicted molar refractivity (Wildman–Crippen MR) is 124 cm³/mol. The van der Waals surface area contributed by atoms with Gasteiger partial charge in [-0.25, -0.2) is 19.2 Å². The van der Waals surface area contributed by atoms with Crippen LogP contribution in [0.2, 0.25) is 0 Å². The molecule has 1 unspecified atom stereocenters. The summed E-state index contributed by atoms with van der Waals surface area (Å²) >= 11 is 0. The van der Waals surface area contributed by atoms with Crippen molar-refractivity contribution < 1.29 is 28.2 Å². The first-order valence-corrected chi connectivity index (χ1v) is 12.0. The van der Waals surface area contributed by atoms with Crippen molar-refractivity contribution in [1.29, 1.82) is 0 Å². The number of aromatic nitrogens is 2. The highest BCUT2D eigenvalue weighted by atomic mass is 19.1. The molecule has 35 heavy (non-hydrogen) atoms. The van der Waals surface area contributed by atoms with Gasteiger partial charge in [0.1, 0.15) is 17.7 Å². The Kier molecular flexibility index (Phi) is 7.90. The molecule has 1 fully saturated rings. The summed E-state index contributed by atoms with van der Waals surface area (Å²) in [7, 11) is 0. The normalized spacial score (nSPS) is 16.6. The fraction of sp³-hybridized carbons (Fsp3) is 0.520. The highest BCUT2D eigenvalue weighted by molar-refractivity contribution is 5.94. The zero-order valence-electron chi connectivity index (χ0n) is 19.5. The maximum Gasteiger partial charge on any atom is 0.326 e. The second-order valence-electron chi connectivity index (χ2n) is 9.14. The number of carbonyl (C=O) groups is 2. The Hall–Kier alpha value is -3.14. The van der Waals surface area contributed by atoms with Gasteiger partial charge in [0, 0.05) is 37.4 Å². The molecule has 3 heterocycles. The summed E-state index contributed by atoms with van der Waals surface area (Å²) in [5, 5.41) is 15.3. The largest absolute Gasteiger partial charge is 0.480 e. The molecule has 10 heteroatoms. The lowest BCUT2D eigenvalue weighted by Gasteiger charge is -2.20. The van der Waals surface area contributed by atoms with Crippen LogP contribution in [0.15, 0.2) is 24.4 Å². The summed E-state index contributed by atoms with van der Waals surface area (Å²) in [6.45, 7) is 1.57. The summed E-state index contributed by atoms with van der Waals surface area (Å²) < 4.78 is 33.2. The first-order chi connectivity index (χ1) is 16.9. The van der Waals surface area contributed by atoms with Gasteiger partial charge in [0.25, 0.3) is 0 Å². The lowest BCUT2D eigenvalue weighted by Crippen LogP contribution is -2.46. The van der Waals surface area contributed by atoms with E-state index >= 15 is 0 Å². The number of anilines is 1. The van der Waals surface area contributed by atoms with Gasteiger partial charge in [-0.05, 0) is 62.6 Å². The summed E-state index contributed by atoms with van der Waals surface area (Å²) in [6, 6.07) is 3.96. The van der Waals surface area contributed by atoms with Crippen LogP contribution in [0, 0.1) is 11.8 Å². The monoisotopic (exact) mass is 488 g/mol. The number of carboxylic acid groups (broad SMARTS) is 1. The lowest BCUT2D eigenvalue weighted by atomic mass is 9.95. The number of carboxylic acids is 1. The number of fused-ring (bicyclic) bond motifs is 1. The maximum absolute atomic E-state index is 14.1. The average molecular weight is 489 g/mol. The Morgan fingerprint density at radius 1 is 1.23 bits per heavy atom. The number of nitrogens with zero attached hydrogens (tertiary/aromatic N) is 2. The first kappa shape index (κ1) is 25.0. The molecule has 2 aliphatic rings. The Balaban J connectivity index is 1.18. The van der Waals surface area contributed by atoms with E-state index < -0.39 is 35.1 Å². The van der Waals surface area contributed by atoms with Crippen molar-refractivity contribution in [3.05, 3.63) is 53.0 Å². The second kappa shape index (κ2) is 11.1. The molecule has 0 radical (unpaired) electrons. The highest BCUT2D eigenvalue weighted by Crippen LogP contribution is 2.49. The van der Waals surface area contributed by atoms with Crippen LogP contribution in [0.3, 0.4) is 0 Å². The van der Waals surface area contributed by atoms with Crippen molar-refractivity contribution in [3.8, 4) is 0 Å². The predicted octanol–water partition coefficient (Wildman–Crippen LogP) is 3.14. The molecule has 0 saturated heterocycles. The second-order valence-corrected chi connectivity index (χ2v) is 9.14. The molecule has 188 valence electrons. The van der Waals surface area contributed by atoms with E-state index in [-0.39, 0.29) is 18.6 Å². The molecule has 0 aromatic carbocycles. The van der Waals surface area contributed by atoms with Gasteiger partial charge < -0.3 is 20.5 Å². The van der Waals surface area contributed by atoms with Crippen molar-refractivity contribution in [3.63, 3.8) is 0 Å². The molecule has 0 bridgehead atoms. The molecule has 1 aliphatic heterocycles. The van der Waals surface area contributed by atoms with Crippen molar-refractivity contribution in [2.24, 2.45) is 0 Å². The summed E-state index contributed by atoms with van der Waals surface area (Å²) in [6.07, 6.45) is 6.12. The summed E-state index contributed by atoms with van der Waals surface area (Å²) in [4.78, 5) is 32.4. The molecule has 0 spiro atoms. The maximum atomic E-state index is 14.1. The van der Waals surface area contributed by atoms with Gasteiger partial charge in [0.15, 0.2) is 0 Å². The van der Waals surface area contributed by atoms with Crippen LogP contribution in [0.25, 0.3) is 0 Å². The molecule has 2 aromatic rings. The van der Waals surface area contributed by atoms with Crippen LogP contribution in [-0.4, -0.2) is 52.8 Å². The van der Waals surface area contributed by atoms with E-state index in [0.717, 1.165) is 62.4 Å². The summed E-state index contributed by atoms with van der Waals surface area (Å²) in [5.41, 5.74) is 0.882. The lowest BCUT2D eigenvalue weighted by molar-refractivity contribution is -0.142.